The lowest BCUT2D eigenvalue weighted by Crippen LogP contribution is -2.48. The standard InChI is InChI=1S/C20H26N4O5S2/c1-4-23(5-2)31(28,29)16-7-8-17(18(14-16)24(26)27)21-10-12-22(13-11-21)20(25)19-9-6-15(3)30-19/h6-9,14H,4-5,10-13H2,1-3H3. The number of carbonyl (C=O) groups excluding carboxylic acids is 1. The van der Waals surface area contributed by atoms with Gasteiger partial charge in [-0.25, -0.2) is 8.42 Å². The Labute approximate surface area is 186 Å². The van der Waals surface area contributed by atoms with Crippen molar-refractivity contribution >= 4 is 38.6 Å². The molecule has 0 unspecified atom stereocenters. The number of nitro groups is 1. The predicted molar refractivity (Wildman–Crippen MR) is 120 cm³/mol. The summed E-state index contributed by atoms with van der Waals surface area (Å²) in [5, 5.41) is 11.7. The molecule has 3 rings (SSSR count). The van der Waals surface area contributed by atoms with Gasteiger partial charge >= 0.3 is 0 Å². The van der Waals surface area contributed by atoms with Crippen LogP contribution in [0.4, 0.5) is 11.4 Å². The molecule has 0 radical (unpaired) electrons. The average Bonchev–Trinajstić information content (AvgIpc) is 3.19. The van der Waals surface area contributed by atoms with E-state index in [4.69, 9.17) is 0 Å². The second-order valence-electron chi connectivity index (χ2n) is 7.19. The van der Waals surface area contributed by atoms with Crippen molar-refractivity contribution in [3.05, 3.63) is 50.2 Å². The van der Waals surface area contributed by atoms with E-state index in [1.165, 1.54) is 27.8 Å². The summed E-state index contributed by atoms with van der Waals surface area (Å²) >= 11 is 1.45. The van der Waals surface area contributed by atoms with E-state index < -0.39 is 14.9 Å². The zero-order chi connectivity index (χ0) is 22.8. The molecule has 0 spiro atoms. The molecule has 0 saturated carbocycles. The third kappa shape index (κ3) is 4.73. The van der Waals surface area contributed by atoms with E-state index in [1.807, 2.05) is 24.0 Å². The van der Waals surface area contributed by atoms with Crippen molar-refractivity contribution in [1.29, 1.82) is 0 Å². The number of nitrogens with zero attached hydrogens (tertiary/aromatic N) is 4. The summed E-state index contributed by atoms with van der Waals surface area (Å²) in [6.45, 7) is 7.70. The van der Waals surface area contributed by atoms with Crippen LogP contribution in [0.3, 0.4) is 0 Å². The molecule has 0 N–H and O–H groups in total. The molecule has 1 saturated heterocycles. The van der Waals surface area contributed by atoms with Gasteiger partial charge in [-0.1, -0.05) is 13.8 Å². The first kappa shape index (κ1) is 23.2. The summed E-state index contributed by atoms with van der Waals surface area (Å²) in [5.41, 5.74) is 0.115. The van der Waals surface area contributed by atoms with Crippen LogP contribution in [0.1, 0.15) is 28.4 Å². The number of amides is 1. The molecule has 2 heterocycles. The molecule has 0 bridgehead atoms. The summed E-state index contributed by atoms with van der Waals surface area (Å²) in [6.07, 6.45) is 0. The summed E-state index contributed by atoms with van der Waals surface area (Å²) in [6, 6.07) is 7.77. The molecule has 2 aromatic rings. The van der Waals surface area contributed by atoms with Crippen LogP contribution >= 0.6 is 11.3 Å². The van der Waals surface area contributed by atoms with Gasteiger partial charge in [0.15, 0.2) is 0 Å². The SMILES string of the molecule is CCN(CC)S(=O)(=O)c1ccc(N2CCN(C(=O)c3ccc(C)s3)CC2)c([N+](=O)[O-])c1. The van der Waals surface area contributed by atoms with Crippen molar-refractivity contribution in [3.8, 4) is 0 Å². The number of rotatable bonds is 7. The smallest absolute Gasteiger partial charge is 0.293 e. The number of aryl methyl sites for hydroxylation is 1. The Bertz CT molecular complexity index is 1070. The van der Waals surface area contributed by atoms with E-state index in [2.05, 4.69) is 0 Å². The minimum absolute atomic E-state index is 0.0343. The number of benzene rings is 1. The van der Waals surface area contributed by atoms with Crippen LogP contribution in [-0.2, 0) is 10.0 Å². The maximum atomic E-state index is 12.8. The molecule has 11 heteroatoms. The predicted octanol–water partition coefficient (Wildman–Crippen LogP) is 2.96. The minimum atomic E-state index is -3.79. The highest BCUT2D eigenvalue weighted by Crippen LogP contribution is 2.32. The Morgan fingerprint density at radius 2 is 1.77 bits per heavy atom. The molecule has 0 atom stereocenters. The second-order valence-corrected chi connectivity index (χ2v) is 10.4. The Morgan fingerprint density at radius 1 is 1.13 bits per heavy atom. The lowest BCUT2D eigenvalue weighted by atomic mass is 10.2. The van der Waals surface area contributed by atoms with Gasteiger partial charge in [0.1, 0.15) is 5.69 Å². The molecule has 1 amide bonds. The fraction of sp³-hybridized carbons (Fsp3) is 0.450. The molecule has 1 aromatic heterocycles. The van der Waals surface area contributed by atoms with Gasteiger partial charge < -0.3 is 9.80 Å². The summed E-state index contributed by atoms with van der Waals surface area (Å²) in [4.78, 5) is 29.0. The van der Waals surface area contributed by atoms with Gasteiger partial charge in [0.05, 0.1) is 14.7 Å². The maximum Gasteiger partial charge on any atom is 0.293 e. The Kier molecular flexibility index (Phi) is 6.97. The first-order valence-electron chi connectivity index (χ1n) is 10.1. The van der Waals surface area contributed by atoms with Crippen LogP contribution in [0.25, 0.3) is 0 Å². The molecule has 1 aliphatic rings. The number of hydrogen-bond acceptors (Lipinski definition) is 7. The van der Waals surface area contributed by atoms with Crippen LogP contribution in [0.5, 0.6) is 0 Å². The van der Waals surface area contributed by atoms with Crippen molar-refractivity contribution in [2.24, 2.45) is 0 Å². The maximum absolute atomic E-state index is 12.8. The zero-order valence-electron chi connectivity index (χ0n) is 17.8. The fourth-order valence-electron chi connectivity index (χ4n) is 3.65. The van der Waals surface area contributed by atoms with E-state index in [9.17, 15) is 23.3 Å². The lowest BCUT2D eigenvalue weighted by Gasteiger charge is -2.35. The fourth-order valence-corrected chi connectivity index (χ4v) is 5.96. The van der Waals surface area contributed by atoms with E-state index in [-0.39, 0.29) is 29.6 Å². The average molecular weight is 467 g/mol. The van der Waals surface area contributed by atoms with Gasteiger partial charge in [0, 0.05) is 50.2 Å². The van der Waals surface area contributed by atoms with Crippen LogP contribution in [0.2, 0.25) is 0 Å². The number of piperazine rings is 1. The summed E-state index contributed by atoms with van der Waals surface area (Å²) in [5.74, 6) is -0.0343. The highest BCUT2D eigenvalue weighted by molar-refractivity contribution is 7.89. The Morgan fingerprint density at radius 3 is 2.29 bits per heavy atom. The van der Waals surface area contributed by atoms with Gasteiger partial charge in [0.25, 0.3) is 11.6 Å². The van der Waals surface area contributed by atoms with Crippen molar-refractivity contribution in [3.63, 3.8) is 0 Å². The minimum Gasteiger partial charge on any atom is -0.362 e. The largest absolute Gasteiger partial charge is 0.362 e. The van der Waals surface area contributed by atoms with Crippen molar-refractivity contribution in [1.82, 2.24) is 9.21 Å². The first-order chi connectivity index (χ1) is 14.7. The molecule has 1 aliphatic heterocycles. The van der Waals surface area contributed by atoms with Crippen LogP contribution < -0.4 is 4.90 Å². The van der Waals surface area contributed by atoms with Crippen molar-refractivity contribution in [2.75, 3.05) is 44.2 Å². The zero-order valence-corrected chi connectivity index (χ0v) is 19.4. The third-order valence-electron chi connectivity index (χ3n) is 5.35. The van der Waals surface area contributed by atoms with Crippen molar-refractivity contribution in [2.45, 2.75) is 25.7 Å². The monoisotopic (exact) mass is 466 g/mol. The number of carbonyl (C=O) groups is 1. The number of thiophene rings is 1. The van der Waals surface area contributed by atoms with E-state index in [1.54, 1.807) is 18.7 Å². The molecule has 31 heavy (non-hydrogen) atoms. The van der Waals surface area contributed by atoms with Gasteiger partial charge in [-0.2, -0.15) is 4.31 Å². The second kappa shape index (κ2) is 9.33. The number of sulfonamides is 1. The topological polar surface area (TPSA) is 104 Å². The third-order valence-corrected chi connectivity index (χ3v) is 8.38. The van der Waals surface area contributed by atoms with Gasteiger partial charge in [-0.3, -0.25) is 14.9 Å². The number of anilines is 1. The normalized spacial score (nSPS) is 14.8. The molecular formula is C20H26N4O5S2. The quantitative estimate of drug-likeness (QED) is 0.459. The molecule has 9 nitrogen and oxygen atoms in total. The van der Waals surface area contributed by atoms with E-state index in [0.717, 1.165) is 10.9 Å². The Hall–Kier alpha value is -2.50. The molecule has 0 aliphatic carbocycles. The van der Waals surface area contributed by atoms with Crippen molar-refractivity contribution < 1.29 is 18.1 Å². The summed E-state index contributed by atoms with van der Waals surface area (Å²) in [7, 11) is -3.79. The lowest BCUT2D eigenvalue weighted by molar-refractivity contribution is -0.384. The highest BCUT2D eigenvalue weighted by atomic mass is 32.2. The molecular weight excluding hydrogens is 440 g/mol. The van der Waals surface area contributed by atoms with Crippen LogP contribution in [0, 0.1) is 17.0 Å². The molecule has 168 valence electrons. The van der Waals surface area contributed by atoms with Crippen LogP contribution in [-0.4, -0.2) is 67.7 Å². The molecule has 1 fully saturated rings. The highest BCUT2D eigenvalue weighted by Gasteiger charge is 2.30. The first-order valence-corrected chi connectivity index (χ1v) is 12.3. The van der Waals surface area contributed by atoms with E-state index in [0.29, 0.717) is 36.7 Å². The number of hydrogen-bond donors (Lipinski definition) is 0. The molecule has 1 aromatic carbocycles. The van der Waals surface area contributed by atoms with Gasteiger partial charge in [-0.15, -0.1) is 11.3 Å². The summed E-state index contributed by atoms with van der Waals surface area (Å²) < 4.78 is 26.8. The van der Waals surface area contributed by atoms with Gasteiger partial charge in [-0.05, 0) is 31.2 Å². The van der Waals surface area contributed by atoms with Crippen LogP contribution in [0.15, 0.2) is 35.2 Å². The Balaban J connectivity index is 1.80. The van der Waals surface area contributed by atoms with Gasteiger partial charge in [0.2, 0.25) is 10.0 Å². The number of nitro benzene ring substituents is 1. The van der Waals surface area contributed by atoms with E-state index >= 15 is 0 Å².